The molecule has 0 aliphatic rings. The fourth-order valence-corrected chi connectivity index (χ4v) is 1.81. The summed E-state index contributed by atoms with van der Waals surface area (Å²) in [7, 11) is 0. The number of carbonyl (C=O) groups is 2. The van der Waals surface area contributed by atoms with E-state index in [0.29, 0.717) is 6.54 Å². The molecule has 2 aromatic rings. The molecular weight excluding hydrogens is 298 g/mol. The molecule has 23 heavy (non-hydrogen) atoms. The van der Waals surface area contributed by atoms with Gasteiger partial charge in [0.2, 0.25) is 5.91 Å². The second-order valence-corrected chi connectivity index (χ2v) is 4.91. The first-order chi connectivity index (χ1) is 11.1. The summed E-state index contributed by atoms with van der Waals surface area (Å²) >= 11 is 0. The van der Waals surface area contributed by atoms with Gasteiger partial charge in [-0.15, -0.1) is 5.10 Å². The van der Waals surface area contributed by atoms with E-state index in [4.69, 9.17) is 4.74 Å². The third-order valence-electron chi connectivity index (χ3n) is 2.96. The Labute approximate surface area is 133 Å². The van der Waals surface area contributed by atoms with Crippen molar-refractivity contribution in [3.63, 3.8) is 0 Å². The van der Waals surface area contributed by atoms with Crippen molar-refractivity contribution in [1.29, 1.82) is 0 Å². The zero-order chi connectivity index (χ0) is 16.7. The Bertz CT molecular complexity index is 666. The van der Waals surface area contributed by atoms with E-state index in [-0.39, 0.29) is 24.9 Å². The van der Waals surface area contributed by atoms with E-state index in [2.05, 4.69) is 20.9 Å². The van der Waals surface area contributed by atoms with Gasteiger partial charge in [0.1, 0.15) is 6.54 Å². The Balaban J connectivity index is 1.80. The average molecular weight is 317 g/mol. The van der Waals surface area contributed by atoms with Crippen molar-refractivity contribution < 1.29 is 14.3 Å². The highest BCUT2D eigenvalue weighted by Crippen LogP contribution is 2.03. The summed E-state index contributed by atoms with van der Waals surface area (Å²) in [5.74, 6) is 0.0351. The number of amides is 2. The molecule has 1 aromatic carbocycles. The van der Waals surface area contributed by atoms with Gasteiger partial charge in [-0.25, -0.2) is 9.48 Å². The number of nitrogens with zero attached hydrogens (tertiary/aromatic N) is 3. The van der Waals surface area contributed by atoms with Gasteiger partial charge in [-0.3, -0.25) is 10.1 Å². The standard InChI is InChI=1S/C15H19N5O3/c1-3-23-15(22)17-13-9-20(19-18-13)10-14(21)16-8-12-6-4-11(2)5-7-12/h4-7,9H,3,8,10H2,1-2H3,(H,16,21)(H,17,22). The first kappa shape index (κ1) is 16.5. The van der Waals surface area contributed by atoms with E-state index >= 15 is 0 Å². The quantitative estimate of drug-likeness (QED) is 0.840. The predicted octanol–water partition coefficient (Wildman–Crippen LogP) is 1.47. The Morgan fingerprint density at radius 3 is 2.70 bits per heavy atom. The summed E-state index contributed by atoms with van der Waals surface area (Å²) in [6, 6.07) is 7.91. The number of ether oxygens (including phenoxy) is 1. The fourth-order valence-electron chi connectivity index (χ4n) is 1.81. The molecule has 0 aliphatic carbocycles. The molecule has 0 spiro atoms. The van der Waals surface area contributed by atoms with Gasteiger partial charge in [0.25, 0.3) is 0 Å². The number of hydrogen-bond acceptors (Lipinski definition) is 5. The minimum atomic E-state index is -0.608. The van der Waals surface area contributed by atoms with Crippen LogP contribution in [0.15, 0.2) is 30.5 Å². The van der Waals surface area contributed by atoms with Gasteiger partial charge in [0.15, 0.2) is 5.82 Å². The monoisotopic (exact) mass is 317 g/mol. The molecule has 0 bridgehead atoms. The number of nitrogens with one attached hydrogen (secondary N) is 2. The van der Waals surface area contributed by atoms with Gasteiger partial charge in [-0.05, 0) is 19.4 Å². The molecule has 0 radical (unpaired) electrons. The molecule has 1 aromatic heterocycles. The number of aromatic nitrogens is 3. The first-order valence-corrected chi connectivity index (χ1v) is 7.23. The maximum Gasteiger partial charge on any atom is 0.412 e. The molecule has 122 valence electrons. The Hall–Kier alpha value is -2.90. The highest BCUT2D eigenvalue weighted by Gasteiger charge is 2.08. The number of benzene rings is 1. The average Bonchev–Trinajstić information content (AvgIpc) is 2.94. The molecule has 0 aliphatic heterocycles. The van der Waals surface area contributed by atoms with Crippen molar-refractivity contribution in [3.8, 4) is 0 Å². The molecular formula is C15H19N5O3. The molecule has 0 unspecified atom stereocenters. The van der Waals surface area contributed by atoms with Crippen LogP contribution in [0.2, 0.25) is 0 Å². The Morgan fingerprint density at radius 2 is 2.00 bits per heavy atom. The van der Waals surface area contributed by atoms with Crippen molar-refractivity contribution in [3.05, 3.63) is 41.6 Å². The maximum atomic E-state index is 11.9. The van der Waals surface area contributed by atoms with E-state index in [1.165, 1.54) is 16.4 Å². The molecule has 2 N–H and O–H groups in total. The van der Waals surface area contributed by atoms with Gasteiger partial charge in [-0.2, -0.15) is 0 Å². The molecule has 8 heteroatoms. The SMILES string of the molecule is CCOC(=O)Nc1cn(CC(=O)NCc2ccc(C)cc2)nn1. The number of hydrogen-bond donors (Lipinski definition) is 2. The summed E-state index contributed by atoms with van der Waals surface area (Å²) < 4.78 is 6.07. The van der Waals surface area contributed by atoms with Crippen molar-refractivity contribution in [2.24, 2.45) is 0 Å². The third-order valence-corrected chi connectivity index (χ3v) is 2.96. The van der Waals surface area contributed by atoms with Crippen LogP contribution in [-0.2, 0) is 22.6 Å². The van der Waals surface area contributed by atoms with Crippen LogP contribution in [-0.4, -0.2) is 33.6 Å². The van der Waals surface area contributed by atoms with Crippen molar-refractivity contribution in [2.75, 3.05) is 11.9 Å². The molecule has 0 fully saturated rings. The summed E-state index contributed by atoms with van der Waals surface area (Å²) in [5.41, 5.74) is 2.19. The molecule has 1 heterocycles. The third kappa shape index (κ3) is 5.42. The van der Waals surface area contributed by atoms with E-state index in [1.807, 2.05) is 31.2 Å². The Morgan fingerprint density at radius 1 is 1.26 bits per heavy atom. The van der Waals surface area contributed by atoms with Crippen LogP contribution in [0.25, 0.3) is 0 Å². The number of anilines is 1. The van der Waals surface area contributed by atoms with Gasteiger partial charge >= 0.3 is 6.09 Å². The van der Waals surface area contributed by atoms with E-state index in [0.717, 1.165) is 5.56 Å². The number of rotatable bonds is 6. The zero-order valence-electron chi connectivity index (χ0n) is 13.1. The van der Waals surface area contributed by atoms with E-state index in [9.17, 15) is 9.59 Å². The Kier molecular flexibility index (Phi) is 5.67. The van der Waals surface area contributed by atoms with Crippen LogP contribution in [0.5, 0.6) is 0 Å². The van der Waals surface area contributed by atoms with Gasteiger partial charge < -0.3 is 10.1 Å². The van der Waals surface area contributed by atoms with Crippen LogP contribution in [0, 0.1) is 6.92 Å². The first-order valence-electron chi connectivity index (χ1n) is 7.23. The highest BCUT2D eigenvalue weighted by molar-refractivity contribution is 5.83. The van der Waals surface area contributed by atoms with Gasteiger partial charge in [-0.1, -0.05) is 35.0 Å². The van der Waals surface area contributed by atoms with Crippen LogP contribution < -0.4 is 10.6 Å². The number of aryl methyl sites for hydroxylation is 1. The topological polar surface area (TPSA) is 98.1 Å². The molecule has 2 rings (SSSR count). The normalized spacial score (nSPS) is 10.2. The summed E-state index contributed by atoms with van der Waals surface area (Å²) in [5, 5.41) is 12.7. The lowest BCUT2D eigenvalue weighted by Crippen LogP contribution is -2.27. The van der Waals surface area contributed by atoms with Crippen molar-refractivity contribution in [2.45, 2.75) is 26.9 Å². The fraction of sp³-hybridized carbons (Fsp3) is 0.333. The van der Waals surface area contributed by atoms with Gasteiger partial charge in [0.05, 0.1) is 12.8 Å². The lowest BCUT2D eigenvalue weighted by Gasteiger charge is -2.05. The van der Waals surface area contributed by atoms with Crippen molar-refractivity contribution >= 4 is 17.8 Å². The smallest absolute Gasteiger partial charge is 0.412 e. The van der Waals surface area contributed by atoms with E-state index in [1.54, 1.807) is 6.92 Å². The van der Waals surface area contributed by atoms with Crippen molar-refractivity contribution in [1.82, 2.24) is 20.3 Å². The summed E-state index contributed by atoms with van der Waals surface area (Å²) in [6.07, 6.45) is 0.853. The van der Waals surface area contributed by atoms with Crippen LogP contribution >= 0.6 is 0 Å². The molecule has 2 amide bonds. The van der Waals surface area contributed by atoms with Crippen LogP contribution in [0.4, 0.5) is 10.6 Å². The minimum Gasteiger partial charge on any atom is -0.450 e. The van der Waals surface area contributed by atoms with E-state index < -0.39 is 6.09 Å². The van der Waals surface area contributed by atoms with Crippen LogP contribution in [0.3, 0.4) is 0 Å². The van der Waals surface area contributed by atoms with Crippen LogP contribution in [0.1, 0.15) is 18.1 Å². The van der Waals surface area contributed by atoms with Gasteiger partial charge in [0, 0.05) is 6.54 Å². The lowest BCUT2D eigenvalue weighted by atomic mass is 10.1. The number of carbonyl (C=O) groups excluding carboxylic acids is 2. The maximum absolute atomic E-state index is 11.9. The highest BCUT2D eigenvalue weighted by atomic mass is 16.5. The largest absolute Gasteiger partial charge is 0.450 e. The molecule has 0 atom stereocenters. The molecule has 0 saturated carbocycles. The second-order valence-electron chi connectivity index (χ2n) is 4.91. The lowest BCUT2D eigenvalue weighted by molar-refractivity contribution is -0.122. The zero-order valence-corrected chi connectivity index (χ0v) is 13.1. The molecule has 0 saturated heterocycles. The summed E-state index contributed by atoms with van der Waals surface area (Å²) in [4.78, 5) is 23.1. The second kappa shape index (κ2) is 7.92. The predicted molar refractivity (Wildman–Crippen MR) is 83.7 cm³/mol. The molecule has 8 nitrogen and oxygen atoms in total. The minimum absolute atomic E-state index is 0.0172. The summed E-state index contributed by atoms with van der Waals surface area (Å²) in [6.45, 7) is 4.44.